The van der Waals surface area contributed by atoms with Crippen molar-refractivity contribution in [3.8, 4) is 0 Å². The first-order valence-electron chi connectivity index (χ1n) is 5.61. The van der Waals surface area contributed by atoms with Crippen LogP contribution in [0.4, 0.5) is 0 Å². The fourth-order valence-electron chi connectivity index (χ4n) is 1.13. The van der Waals surface area contributed by atoms with Crippen LogP contribution in [-0.2, 0) is 9.53 Å². The minimum atomic E-state index is -0.634. The van der Waals surface area contributed by atoms with Gasteiger partial charge in [-0.2, -0.15) is 0 Å². The van der Waals surface area contributed by atoms with Crippen LogP contribution in [0, 0.1) is 5.92 Å². The summed E-state index contributed by atoms with van der Waals surface area (Å²) in [5, 5.41) is 0. The number of hydrogen-bond acceptors (Lipinski definition) is 2. The summed E-state index contributed by atoms with van der Waals surface area (Å²) in [6.45, 7) is 10.6. The van der Waals surface area contributed by atoms with Crippen molar-refractivity contribution >= 4 is 6.29 Å². The van der Waals surface area contributed by atoms with Gasteiger partial charge >= 0.3 is 0 Å². The Balaban J connectivity index is 3.71. The highest BCUT2D eigenvalue weighted by Gasteiger charge is 2.17. The topological polar surface area (TPSA) is 26.3 Å². The minimum absolute atomic E-state index is 0.500. The number of rotatable bonds is 7. The molecular weight excluding hydrogens is 188 g/mol. The van der Waals surface area contributed by atoms with Gasteiger partial charge in [-0.3, -0.25) is 0 Å². The second kappa shape index (κ2) is 6.78. The molecule has 0 N–H and O–H groups in total. The van der Waals surface area contributed by atoms with Crippen LogP contribution in [0.25, 0.3) is 0 Å². The second-order valence-corrected chi connectivity index (χ2v) is 5.00. The largest absolute Gasteiger partial charge is 0.368 e. The minimum Gasteiger partial charge on any atom is -0.368 e. The number of carbonyl (C=O) groups excluding carboxylic acids is 1. The monoisotopic (exact) mass is 212 g/mol. The molecule has 1 atom stereocenters. The van der Waals surface area contributed by atoms with Gasteiger partial charge in [0.05, 0.1) is 6.61 Å². The van der Waals surface area contributed by atoms with Crippen LogP contribution in [0.1, 0.15) is 47.5 Å². The summed E-state index contributed by atoms with van der Waals surface area (Å²) in [5.41, 5.74) is 0.724. The Hall–Kier alpha value is -0.630. The normalized spacial score (nSPS) is 13.4. The summed E-state index contributed by atoms with van der Waals surface area (Å²) >= 11 is 0. The van der Waals surface area contributed by atoms with Crippen molar-refractivity contribution in [3.05, 3.63) is 11.6 Å². The van der Waals surface area contributed by atoms with Crippen molar-refractivity contribution in [3.63, 3.8) is 0 Å². The molecule has 0 aliphatic rings. The number of hydrogen-bond donors (Lipinski definition) is 0. The van der Waals surface area contributed by atoms with E-state index in [1.54, 1.807) is 13.8 Å². The predicted octanol–water partition coefficient (Wildman–Crippen LogP) is 3.36. The molecule has 0 saturated heterocycles. The van der Waals surface area contributed by atoms with Gasteiger partial charge in [0.1, 0.15) is 5.60 Å². The van der Waals surface area contributed by atoms with E-state index in [0.29, 0.717) is 12.5 Å². The Morgan fingerprint density at radius 2 is 2.00 bits per heavy atom. The Labute approximate surface area is 93.7 Å². The van der Waals surface area contributed by atoms with E-state index in [2.05, 4.69) is 26.8 Å². The fourth-order valence-corrected chi connectivity index (χ4v) is 1.13. The van der Waals surface area contributed by atoms with Gasteiger partial charge in [0.2, 0.25) is 0 Å². The highest BCUT2D eigenvalue weighted by molar-refractivity contribution is 5.60. The highest BCUT2D eigenvalue weighted by atomic mass is 16.5. The predicted molar refractivity (Wildman–Crippen MR) is 63.9 cm³/mol. The average molecular weight is 212 g/mol. The zero-order valence-corrected chi connectivity index (χ0v) is 10.7. The maximum absolute atomic E-state index is 10.6. The molecule has 0 rings (SSSR count). The number of aldehydes is 1. The second-order valence-electron chi connectivity index (χ2n) is 5.00. The van der Waals surface area contributed by atoms with Gasteiger partial charge in [0.25, 0.3) is 0 Å². The Kier molecular flexibility index (Phi) is 6.50. The van der Waals surface area contributed by atoms with Gasteiger partial charge in [0, 0.05) is 0 Å². The van der Waals surface area contributed by atoms with Crippen LogP contribution in [0.2, 0.25) is 0 Å². The molecule has 0 aliphatic heterocycles. The molecule has 0 amide bonds. The van der Waals surface area contributed by atoms with E-state index in [9.17, 15) is 4.79 Å². The number of carbonyl (C=O) groups is 1. The van der Waals surface area contributed by atoms with Crippen LogP contribution < -0.4 is 0 Å². The van der Waals surface area contributed by atoms with Crippen LogP contribution in [0.15, 0.2) is 11.6 Å². The van der Waals surface area contributed by atoms with Crippen molar-refractivity contribution in [1.82, 2.24) is 0 Å². The third-order valence-electron chi connectivity index (χ3n) is 2.24. The Morgan fingerprint density at radius 1 is 1.40 bits per heavy atom. The van der Waals surface area contributed by atoms with Gasteiger partial charge in [-0.15, -0.1) is 0 Å². The van der Waals surface area contributed by atoms with E-state index < -0.39 is 5.60 Å². The zero-order chi connectivity index (χ0) is 11.9. The molecular formula is C13H24O2. The molecule has 0 aromatic carbocycles. The lowest BCUT2D eigenvalue weighted by molar-refractivity contribution is -0.128. The number of allylic oxidation sites excluding steroid dienone is 2. The molecule has 15 heavy (non-hydrogen) atoms. The standard InChI is InChI=1S/C13H24O2/c1-11(2)7-6-8-12(3)9-15-13(4,5)10-14/h7,10,12H,6,8-9H2,1-5H3. The maximum atomic E-state index is 10.6. The summed E-state index contributed by atoms with van der Waals surface area (Å²) < 4.78 is 5.51. The lowest BCUT2D eigenvalue weighted by Crippen LogP contribution is -2.28. The zero-order valence-electron chi connectivity index (χ0n) is 10.7. The first kappa shape index (κ1) is 14.4. The van der Waals surface area contributed by atoms with E-state index in [1.165, 1.54) is 5.57 Å². The summed E-state index contributed by atoms with van der Waals surface area (Å²) in [7, 11) is 0. The SMILES string of the molecule is CC(C)=CCCC(C)COC(C)(C)C=O. The fraction of sp³-hybridized carbons (Fsp3) is 0.769. The van der Waals surface area contributed by atoms with Gasteiger partial charge in [-0.1, -0.05) is 18.6 Å². The van der Waals surface area contributed by atoms with E-state index in [-0.39, 0.29) is 0 Å². The molecule has 0 saturated carbocycles. The molecule has 2 nitrogen and oxygen atoms in total. The van der Waals surface area contributed by atoms with Crippen LogP contribution in [-0.4, -0.2) is 18.5 Å². The molecule has 0 spiro atoms. The van der Waals surface area contributed by atoms with Crippen molar-refractivity contribution < 1.29 is 9.53 Å². The molecule has 2 heteroatoms. The number of ether oxygens (including phenoxy) is 1. The van der Waals surface area contributed by atoms with Crippen LogP contribution >= 0.6 is 0 Å². The molecule has 1 unspecified atom stereocenters. The first-order chi connectivity index (χ1) is 6.87. The molecule has 0 aromatic heterocycles. The van der Waals surface area contributed by atoms with Crippen molar-refractivity contribution in [2.24, 2.45) is 5.92 Å². The third kappa shape index (κ3) is 8.37. The molecule has 0 radical (unpaired) electrons. The molecule has 0 heterocycles. The van der Waals surface area contributed by atoms with E-state index in [4.69, 9.17) is 4.74 Å². The van der Waals surface area contributed by atoms with Gasteiger partial charge < -0.3 is 9.53 Å². The van der Waals surface area contributed by atoms with Gasteiger partial charge in [0.15, 0.2) is 6.29 Å². The maximum Gasteiger partial charge on any atom is 0.151 e. The average Bonchev–Trinajstić information content (AvgIpc) is 2.14. The third-order valence-corrected chi connectivity index (χ3v) is 2.24. The Bertz CT molecular complexity index is 213. The summed E-state index contributed by atoms with van der Waals surface area (Å²) in [5.74, 6) is 0.500. The molecule has 88 valence electrons. The van der Waals surface area contributed by atoms with E-state index >= 15 is 0 Å². The summed E-state index contributed by atoms with van der Waals surface area (Å²) in [4.78, 5) is 10.6. The molecule has 0 aliphatic carbocycles. The van der Waals surface area contributed by atoms with E-state index in [0.717, 1.165) is 19.1 Å². The van der Waals surface area contributed by atoms with Crippen molar-refractivity contribution in [1.29, 1.82) is 0 Å². The lowest BCUT2D eigenvalue weighted by Gasteiger charge is -2.20. The van der Waals surface area contributed by atoms with Crippen LogP contribution in [0.3, 0.4) is 0 Å². The first-order valence-corrected chi connectivity index (χ1v) is 5.61. The van der Waals surface area contributed by atoms with Crippen molar-refractivity contribution in [2.45, 2.75) is 53.1 Å². The smallest absolute Gasteiger partial charge is 0.151 e. The molecule has 0 fully saturated rings. The molecule has 0 bridgehead atoms. The van der Waals surface area contributed by atoms with Gasteiger partial charge in [-0.25, -0.2) is 0 Å². The quantitative estimate of drug-likeness (QED) is 0.478. The molecule has 0 aromatic rings. The lowest BCUT2D eigenvalue weighted by atomic mass is 10.1. The Morgan fingerprint density at radius 3 is 2.47 bits per heavy atom. The van der Waals surface area contributed by atoms with E-state index in [1.807, 2.05) is 0 Å². The summed E-state index contributed by atoms with van der Waals surface area (Å²) in [6.07, 6.45) is 5.30. The highest BCUT2D eigenvalue weighted by Crippen LogP contribution is 2.12. The van der Waals surface area contributed by atoms with Crippen molar-refractivity contribution in [2.75, 3.05) is 6.61 Å². The van der Waals surface area contributed by atoms with Crippen LogP contribution in [0.5, 0.6) is 0 Å². The summed E-state index contributed by atoms with van der Waals surface area (Å²) in [6, 6.07) is 0. The van der Waals surface area contributed by atoms with Gasteiger partial charge in [-0.05, 0) is 46.5 Å².